The summed E-state index contributed by atoms with van der Waals surface area (Å²) < 4.78 is 21.5. The summed E-state index contributed by atoms with van der Waals surface area (Å²) in [5, 5.41) is 21.2. The van der Waals surface area contributed by atoms with Gasteiger partial charge in [-0.3, -0.25) is 24.9 Å². The number of rotatable bonds is 7. The van der Waals surface area contributed by atoms with E-state index in [0.717, 1.165) is 6.20 Å². The fourth-order valence-corrected chi connectivity index (χ4v) is 2.69. The van der Waals surface area contributed by atoms with Gasteiger partial charge in [0, 0.05) is 0 Å². The van der Waals surface area contributed by atoms with Crippen molar-refractivity contribution in [2.24, 2.45) is 0 Å². The van der Waals surface area contributed by atoms with E-state index in [9.17, 15) is 19.3 Å². The molecule has 1 amide bonds. The van der Waals surface area contributed by atoms with Gasteiger partial charge in [0.2, 0.25) is 5.95 Å². The van der Waals surface area contributed by atoms with Crippen LogP contribution in [0.15, 0.2) is 59.5 Å². The highest BCUT2D eigenvalue weighted by Gasteiger charge is 2.15. The lowest BCUT2D eigenvalue weighted by Gasteiger charge is -2.01. The molecule has 1 N–H and O–H groups in total. The van der Waals surface area contributed by atoms with Gasteiger partial charge in [0.05, 0.1) is 18.0 Å². The zero-order valence-electron chi connectivity index (χ0n) is 15.3. The normalized spacial score (nSPS) is 10.8. The molecular formula is C18H14FN7O4. The van der Waals surface area contributed by atoms with E-state index in [2.05, 4.69) is 20.5 Å². The van der Waals surface area contributed by atoms with E-state index in [1.54, 1.807) is 18.2 Å². The van der Waals surface area contributed by atoms with Crippen LogP contribution in [0.5, 0.6) is 0 Å². The first kappa shape index (κ1) is 19.0. The number of amides is 1. The van der Waals surface area contributed by atoms with Gasteiger partial charge in [0.25, 0.3) is 5.91 Å². The largest absolute Gasteiger partial charge is 0.454 e. The average molecular weight is 411 g/mol. The maximum Gasteiger partial charge on any atom is 0.307 e. The van der Waals surface area contributed by atoms with Gasteiger partial charge in [0.15, 0.2) is 5.76 Å². The Bertz CT molecular complexity index is 1210. The highest BCUT2D eigenvalue weighted by Crippen LogP contribution is 2.14. The number of furan rings is 1. The number of halogens is 1. The Balaban J connectivity index is 1.37. The zero-order valence-corrected chi connectivity index (χ0v) is 15.3. The SMILES string of the molecule is O=C(Nc1ncn(Cc2cccc(F)c2)n1)c1ccc(Cn2cc([N+](=O)[O-])cn2)o1. The summed E-state index contributed by atoms with van der Waals surface area (Å²) >= 11 is 0. The number of nitrogens with one attached hydrogen (secondary N) is 1. The lowest BCUT2D eigenvalue weighted by molar-refractivity contribution is -0.385. The molecule has 0 bridgehead atoms. The minimum absolute atomic E-state index is 0.0214. The molecule has 3 heterocycles. The number of hydrogen-bond acceptors (Lipinski definition) is 7. The van der Waals surface area contributed by atoms with Crippen molar-refractivity contribution in [3.8, 4) is 0 Å². The van der Waals surface area contributed by atoms with Gasteiger partial charge in [-0.25, -0.2) is 14.1 Å². The summed E-state index contributed by atoms with van der Waals surface area (Å²) in [4.78, 5) is 26.5. The van der Waals surface area contributed by atoms with Crippen LogP contribution in [0.1, 0.15) is 21.9 Å². The quantitative estimate of drug-likeness (QED) is 0.365. The van der Waals surface area contributed by atoms with Crippen molar-refractivity contribution < 1.29 is 18.5 Å². The van der Waals surface area contributed by atoms with Crippen LogP contribution >= 0.6 is 0 Å². The van der Waals surface area contributed by atoms with E-state index < -0.39 is 10.8 Å². The summed E-state index contributed by atoms with van der Waals surface area (Å²) in [6.07, 6.45) is 3.80. The van der Waals surface area contributed by atoms with Gasteiger partial charge in [-0.2, -0.15) is 5.10 Å². The molecule has 1 aromatic carbocycles. The Hall–Kier alpha value is -4.35. The molecule has 0 atom stereocenters. The molecule has 11 nitrogen and oxygen atoms in total. The van der Waals surface area contributed by atoms with Crippen molar-refractivity contribution in [1.29, 1.82) is 0 Å². The predicted octanol–water partition coefficient (Wildman–Crippen LogP) is 2.46. The molecule has 0 saturated heterocycles. The average Bonchev–Trinajstić information content (AvgIpc) is 3.44. The number of benzene rings is 1. The van der Waals surface area contributed by atoms with Crippen LogP contribution in [0.3, 0.4) is 0 Å². The van der Waals surface area contributed by atoms with Crippen LogP contribution in [0.2, 0.25) is 0 Å². The minimum atomic E-state index is -0.559. The summed E-state index contributed by atoms with van der Waals surface area (Å²) in [5.74, 6) is -0.427. The van der Waals surface area contributed by atoms with Gasteiger partial charge in [-0.05, 0) is 29.8 Å². The van der Waals surface area contributed by atoms with Crippen molar-refractivity contribution in [3.05, 3.63) is 88.1 Å². The van der Waals surface area contributed by atoms with Crippen molar-refractivity contribution in [2.45, 2.75) is 13.1 Å². The summed E-state index contributed by atoms with van der Waals surface area (Å²) in [6.45, 7) is 0.420. The maximum absolute atomic E-state index is 13.3. The topological polar surface area (TPSA) is 134 Å². The molecule has 0 saturated carbocycles. The molecule has 0 aliphatic carbocycles. The molecule has 0 aliphatic heterocycles. The third kappa shape index (κ3) is 4.38. The van der Waals surface area contributed by atoms with E-state index in [0.29, 0.717) is 17.9 Å². The number of anilines is 1. The maximum atomic E-state index is 13.3. The Morgan fingerprint density at radius 1 is 1.23 bits per heavy atom. The second kappa shape index (κ2) is 7.95. The second-order valence-electron chi connectivity index (χ2n) is 6.27. The van der Waals surface area contributed by atoms with Crippen LogP contribution in [-0.2, 0) is 13.1 Å². The van der Waals surface area contributed by atoms with E-state index in [1.807, 2.05) is 0 Å². The molecule has 12 heteroatoms. The summed E-state index contributed by atoms with van der Waals surface area (Å²) in [6, 6.07) is 9.12. The van der Waals surface area contributed by atoms with E-state index in [-0.39, 0.29) is 29.8 Å². The Kier molecular flexibility index (Phi) is 5.03. The molecule has 0 unspecified atom stereocenters. The van der Waals surface area contributed by atoms with Crippen LogP contribution in [0.4, 0.5) is 16.0 Å². The molecule has 3 aromatic heterocycles. The first-order chi connectivity index (χ1) is 14.5. The third-order valence-electron chi connectivity index (χ3n) is 4.03. The van der Waals surface area contributed by atoms with Crippen molar-refractivity contribution in [2.75, 3.05) is 5.32 Å². The van der Waals surface area contributed by atoms with E-state index in [4.69, 9.17) is 4.42 Å². The molecular weight excluding hydrogens is 397 g/mol. The number of nitrogens with zero attached hydrogens (tertiary/aromatic N) is 6. The lowest BCUT2D eigenvalue weighted by atomic mass is 10.2. The number of nitro groups is 1. The number of hydrogen-bond donors (Lipinski definition) is 1. The minimum Gasteiger partial charge on any atom is -0.454 e. The van der Waals surface area contributed by atoms with E-state index >= 15 is 0 Å². The molecule has 152 valence electrons. The first-order valence-corrected chi connectivity index (χ1v) is 8.67. The number of aromatic nitrogens is 5. The Labute approximate surface area is 167 Å². The zero-order chi connectivity index (χ0) is 21.1. The standard InChI is InChI=1S/C18H14FN7O4/c19-13-3-1-2-12(6-13)8-25-11-20-18(23-25)22-17(27)16-5-4-15(30-16)10-24-9-14(7-21-24)26(28)29/h1-7,9,11H,8,10H2,(H,22,23,27). The molecule has 0 spiro atoms. The van der Waals surface area contributed by atoms with Crippen LogP contribution < -0.4 is 5.32 Å². The molecule has 4 aromatic rings. The summed E-state index contributed by atoms with van der Waals surface area (Å²) in [5.41, 5.74) is 0.562. The molecule has 30 heavy (non-hydrogen) atoms. The fourth-order valence-electron chi connectivity index (χ4n) is 2.69. The monoisotopic (exact) mass is 411 g/mol. The Morgan fingerprint density at radius 2 is 2.10 bits per heavy atom. The molecule has 0 fully saturated rings. The van der Waals surface area contributed by atoms with E-state index in [1.165, 1.54) is 40.1 Å². The van der Waals surface area contributed by atoms with Gasteiger partial charge in [0.1, 0.15) is 30.3 Å². The first-order valence-electron chi connectivity index (χ1n) is 8.67. The second-order valence-corrected chi connectivity index (χ2v) is 6.27. The van der Waals surface area contributed by atoms with Crippen LogP contribution in [0.25, 0.3) is 0 Å². The number of carbonyl (C=O) groups is 1. The van der Waals surface area contributed by atoms with Crippen LogP contribution in [-0.4, -0.2) is 35.4 Å². The highest BCUT2D eigenvalue weighted by molar-refractivity contribution is 6.01. The van der Waals surface area contributed by atoms with Crippen molar-refractivity contribution >= 4 is 17.5 Å². The summed E-state index contributed by atoms with van der Waals surface area (Å²) in [7, 11) is 0. The molecule has 4 rings (SSSR count). The van der Waals surface area contributed by atoms with Gasteiger partial charge in [-0.15, -0.1) is 5.10 Å². The van der Waals surface area contributed by atoms with Crippen molar-refractivity contribution in [1.82, 2.24) is 24.5 Å². The number of carbonyl (C=O) groups excluding carboxylic acids is 1. The lowest BCUT2D eigenvalue weighted by Crippen LogP contribution is -2.12. The predicted molar refractivity (Wildman–Crippen MR) is 100 cm³/mol. The fraction of sp³-hybridized carbons (Fsp3) is 0.111. The molecule has 0 aliphatic rings. The smallest absolute Gasteiger partial charge is 0.307 e. The molecule has 0 radical (unpaired) electrons. The van der Waals surface area contributed by atoms with Gasteiger partial charge in [-0.1, -0.05) is 12.1 Å². The van der Waals surface area contributed by atoms with Crippen LogP contribution in [0, 0.1) is 15.9 Å². The third-order valence-corrected chi connectivity index (χ3v) is 4.03. The highest BCUT2D eigenvalue weighted by atomic mass is 19.1. The Morgan fingerprint density at radius 3 is 2.87 bits per heavy atom. The van der Waals surface area contributed by atoms with Crippen molar-refractivity contribution in [3.63, 3.8) is 0 Å². The van der Waals surface area contributed by atoms with Gasteiger partial charge < -0.3 is 4.42 Å². The van der Waals surface area contributed by atoms with Gasteiger partial charge >= 0.3 is 5.69 Å².